The van der Waals surface area contributed by atoms with Crippen LogP contribution in [0.5, 0.6) is 0 Å². The third kappa shape index (κ3) is 5.36. The monoisotopic (exact) mass is 488 g/mol. The fourth-order valence-corrected chi connectivity index (χ4v) is 3.80. The molecule has 0 saturated carbocycles. The maximum atomic E-state index is 12.5. The summed E-state index contributed by atoms with van der Waals surface area (Å²) in [6, 6.07) is 17.6. The second kappa shape index (κ2) is 10.0. The summed E-state index contributed by atoms with van der Waals surface area (Å²) < 4.78 is 5.92. The van der Waals surface area contributed by atoms with Gasteiger partial charge in [0.25, 0.3) is 11.6 Å². The second-order valence-electron chi connectivity index (χ2n) is 8.30. The zero-order valence-electron chi connectivity index (χ0n) is 19.5. The van der Waals surface area contributed by atoms with Gasteiger partial charge in [-0.25, -0.2) is 4.98 Å². The van der Waals surface area contributed by atoms with Gasteiger partial charge in [-0.05, 0) is 79.5 Å². The number of anilines is 1. The number of nitro benzene ring substituents is 1. The summed E-state index contributed by atoms with van der Waals surface area (Å²) in [7, 11) is 0. The third-order valence-corrected chi connectivity index (χ3v) is 6.08. The lowest BCUT2D eigenvalue weighted by Gasteiger charge is -2.10. The standard InChI is InChI=1S/C26H24N4O4S/c1-4-15(2)18-9-12-23-21(13-18)28-25(34-23)17-7-10-20(11-8-17)27-26(35)29-24(31)19-6-5-16(3)22(14-19)30(32)33/h5-15H,4H2,1-3H3,(H2,27,29,31,35)/t15-/m1/s1. The number of carbonyl (C=O) groups is 1. The van der Waals surface area contributed by atoms with Gasteiger partial charge in [0.1, 0.15) is 5.52 Å². The van der Waals surface area contributed by atoms with Crippen LogP contribution in [0.15, 0.2) is 65.1 Å². The quantitative estimate of drug-likeness (QED) is 0.185. The second-order valence-corrected chi connectivity index (χ2v) is 8.71. The van der Waals surface area contributed by atoms with E-state index in [-0.39, 0.29) is 16.4 Å². The number of thiocarbonyl (C=S) groups is 1. The molecular formula is C26H24N4O4S. The number of hydrogen-bond donors (Lipinski definition) is 2. The lowest BCUT2D eigenvalue weighted by molar-refractivity contribution is -0.385. The summed E-state index contributed by atoms with van der Waals surface area (Å²) in [6.07, 6.45) is 1.05. The molecule has 0 spiro atoms. The minimum atomic E-state index is -0.537. The van der Waals surface area contributed by atoms with Crippen LogP contribution in [-0.2, 0) is 0 Å². The average Bonchev–Trinajstić information content (AvgIpc) is 3.27. The van der Waals surface area contributed by atoms with Crippen LogP contribution in [0, 0.1) is 17.0 Å². The maximum absolute atomic E-state index is 12.5. The minimum absolute atomic E-state index is 0.0745. The van der Waals surface area contributed by atoms with Crippen LogP contribution in [0.2, 0.25) is 0 Å². The Morgan fingerprint density at radius 2 is 1.89 bits per heavy atom. The number of hydrogen-bond acceptors (Lipinski definition) is 6. The van der Waals surface area contributed by atoms with Crippen molar-refractivity contribution in [1.29, 1.82) is 0 Å². The minimum Gasteiger partial charge on any atom is -0.436 e. The molecule has 0 aliphatic carbocycles. The molecule has 2 N–H and O–H groups in total. The lowest BCUT2D eigenvalue weighted by Crippen LogP contribution is -2.34. The molecule has 9 heteroatoms. The first-order chi connectivity index (χ1) is 16.7. The van der Waals surface area contributed by atoms with Crippen molar-refractivity contribution < 1.29 is 14.1 Å². The molecule has 1 atom stereocenters. The van der Waals surface area contributed by atoms with Crippen molar-refractivity contribution in [2.75, 3.05) is 5.32 Å². The van der Waals surface area contributed by atoms with E-state index in [1.165, 1.54) is 23.8 Å². The normalized spacial score (nSPS) is 11.7. The molecule has 1 aromatic heterocycles. The predicted molar refractivity (Wildman–Crippen MR) is 140 cm³/mol. The van der Waals surface area contributed by atoms with Crippen molar-refractivity contribution in [3.05, 3.63) is 87.5 Å². The first kappa shape index (κ1) is 24.0. The highest BCUT2D eigenvalue weighted by Crippen LogP contribution is 2.28. The lowest BCUT2D eigenvalue weighted by atomic mass is 9.98. The first-order valence-corrected chi connectivity index (χ1v) is 11.5. The van der Waals surface area contributed by atoms with E-state index in [0.717, 1.165) is 23.1 Å². The molecule has 0 unspecified atom stereocenters. The van der Waals surface area contributed by atoms with Gasteiger partial charge in [0.15, 0.2) is 10.7 Å². The Hall–Kier alpha value is -4.11. The Labute approximate surface area is 207 Å². The molecule has 0 aliphatic rings. The van der Waals surface area contributed by atoms with Gasteiger partial charge in [-0.15, -0.1) is 0 Å². The van der Waals surface area contributed by atoms with Gasteiger partial charge in [0.2, 0.25) is 5.89 Å². The number of aromatic nitrogens is 1. The van der Waals surface area contributed by atoms with E-state index in [9.17, 15) is 14.9 Å². The molecule has 0 radical (unpaired) electrons. The molecule has 0 aliphatic heterocycles. The molecule has 1 heterocycles. The van der Waals surface area contributed by atoms with Crippen LogP contribution in [0.4, 0.5) is 11.4 Å². The van der Waals surface area contributed by atoms with Crippen LogP contribution in [0.3, 0.4) is 0 Å². The summed E-state index contributed by atoms with van der Waals surface area (Å²) in [5.74, 6) is 0.436. The number of nitrogens with one attached hydrogen (secondary N) is 2. The van der Waals surface area contributed by atoms with Gasteiger partial charge >= 0.3 is 0 Å². The van der Waals surface area contributed by atoms with E-state index in [1.807, 2.05) is 18.2 Å². The van der Waals surface area contributed by atoms with E-state index in [1.54, 1.807) is 19.1 Å². The van der Waals surface area contributed by atoms with E-state index in [4.69, 9.17) is 16.6 Å². The molecule has 178 valence electrons. The van der Waals surface area contributed by atoms with E-state index < -0.39 is 10.8 Å². The number of benzene rings is 3. The summed E-state index contributed by atoms with van der Waals surface area (Å²) in [6.45, 7) is 5.95. The Bertz CT molecular complexity index is 1430. The van der Waals surface area contributed by atoms with Gasteiger partial charge in [0, 0.05) is 28.4 Å². The summed E-state index contributed by atoms with van der Waals surface area (Å²) in [4.78, 5) is 27.7. The van der Waals surface area contributed by atoms with Crippen LogP contribution in [-0.4, -0.2) is 20.9 Å². The topological polar surface area (TPSA) is 110 Å². The van der Waals surface area contributed by atoms with Crippen LogP contribution in [0.25, 0.3) is 22.6 Å². The average molecular weight is 489 g/mol. The van der Waals surface area contributed by atoms with Gasteiger partial charge in [-0.3, -0.25) is 20.2 Å². The highest BCUT2D eigenvalue weighted by atomic mass is 32.1. The third-order valence-electron chi connectivity index (χ3n) is 5.88. The number of carbonyl (C=O) groups excluding carboxylic acids is 1. The smallest absolute Gasteiger partial charge is 0.273 e. The molecule has 4 aromatic rings. The number of rotatable bonds is 6. The number of oxazole rings is 1. The molecule has 1 amide bonds. The molecule has 35 heavy (non-hydrogen) atoms. The van der Waals surface area contributed by atoms with E-state index >= 15 is 0 Å². The highest BCUT2D eigenvalue weighted by molar-refractivity contribution is 7.80. The summed E-state index contributed by atoms with van der Waals surface area (Å²) in [5.41, 5.74) is 4.74. The van der Waals surface area contributed by atoms with Crippen molar-refractivity contribution >= 4 is 45.7 Å². The maximum Gasteiger partial charge on any atom is 0.273 e. The van der Waals surface area contributed by atoms with Gasteiger partial charge < -0.3 is 9.73 Å². The first-order valence-electron chi connectivity index (χ1n) is 11.1. The zero-order valence-corrected chi connectivity index (χ0v) is 20.3. The van der Waals surface area contributed by atoms with Crippen molar-refractivity contribution in [2.45, 2.75) is 33.1 Å². The predicted octanol–water partition coefficient (Wildman–Crippen LogP) is 6.35. The molecule has 4 rings (SSSR count). The molecule has 8 nitrogen and oxygen atoms in total. The largest absolute Gasteiger partial charge is 0.436 e. The number of nitrogens with zero attached hydrogens (tertiary/aromatic N) is 2. The van der Waals surface area contributed by atoms with Gasteiger partial charge in [0.05, 0.1) is 4.92 Å². The van der Waals surface area contributed by atoms with Crippen molar-refractivity contribution in [3.63, 3.8) is 0 Å². The fourth-order valence-electron chi connectivity index (χ4n) is 3.59. The SMILES string of the molecule is CC[C@@H](C)c1ccc2oc(-c3ccc(NC(=S)NC(=O)c4ccc(C)c([N+](=O)[O-])c4)cc3)nc2c1. The number of aryl methyl sites for hydroxylation is 1. The zero-order chi connectivity index (χ0) is 25.1. The van der Waals surface area contributed by atoms with Crippen molar-refractivity contribution in [3.8, 4) is 11.5 Å². The highest BCUT2D eigenvalue weighted by Gasteiger charge is 2.16. The van der Waals surface area contributed by atoms with E-state index in [0.29, 0.717) is 23.1 Å². The summed E-state index contributed by atoms with van der Waals surface area (Å²) >= 11 is 5.23. The Kier molecular flexibility index (Phi) is 6.88. The summed E-state index contributed by atoms with van der Waals surface area (Å²) in [5, 5.41) is 16.7. The Balaban J connectivity index is 1.43. The molecular weight excluding hydrogens is 464 g/mol. The Morgan fingerprint density at radius 1 is 1.14 bits per heavy atom. The number of amides is 1. The van der Waals surface area contributed by atoms with Gasteiger partial charge in [-0.2, -0.15) is 0 Å². The molecule has 0 bridgehead atoms. The van der Waals surface area contributed by atoms with Crippen LogP contribution >= 0.6 is 12.2 Å². The molecule has 0 fully saturated rings. The van der Waals surface area contributed by atoms with Crippen LogP contribution < -0.4 is 10.6 Å². The fraction of sp³-hybridized carbons (Fsp3) is 0.192. The van der Waals surface area contributed by atoms with Gasteiger partial charge in [-0.1, -0.05) is 26.0 Å². The molecule has 0 saturated heterocycles. The number of nitro groups is 1. The number of fused-ring (bicyclic) bond motifs is 1. The van der Waals surface area contributed by atoms with Crippen LogP contribution in [0.1, 0.15) is 47.7 Å². The Morgan fingerprint density at radius 3 is 2.57 bits per heavy atom. The van der Waals surface area contributed by atoms with Crippen molar-refractivity contribution in [1.82, 2.24) is 10.3 Å². The molecule has 3 aromatic carbocycles. The van der Waals surface area contributed by atoms with Crippen molar-refractivity contribution in [2.24, 2.45) is 0 Å². The van der Waals surface area contributed by atoms with E-state index in [2.05, 4.69) is 41.6 Å².